The van der Waals surface area contributed by atoms with Crippen LogP contribution in [0.25, 0.3) is 0 Å². The maximum absolute atomic E-state index is 9.34. The first-order valence-corrected chi connectivity index (χ1v) is 2.08. The summed E-state index contributed by atoms with van der Waals surface area (Å²) in [5.41, 5.74) is 0. The normalized spacial score (nSPS) is 8.83. The number of hydrogen-bond donors (Lipinski definition) is 1. The van der Waals surface area contributed by atoms with Gasteiger partial charge in [-0.15, -0.1) is 0 Å². The second kappa shape index (κ2) is 13.9. The average molecular weight is 282 g/mol. The van der Waals surface area contributed by atoms with Gasteiger partial charge in [0.05, 0.1) is 17.2 Å². The van der Waals surface area contributed by atoms with Crippen molar-refractivity contribution in [3.8, 4) is 0 Å². The molecule has 0 amide bonds. The van der Waals surface area contributed by atoms with E-state index in [1.54, 1.807) is 0 Å². The SMILES string of the molecule is CC(O)C(=O)[O-].O=[N+]([O-])[O-].[Ag+].[Na+]. The van der Waals surface area contributed by atoms with Crippen molar-refractivity contribution in [1.29, 1.82) is 0 Å². The molecule has 70 valence electrons. The monoisotopic (exact) mass is 281 g/mol. The van der Waals surface area contributed by atoms with E-state index in [2.05, 4.69) is 0 Å². The average Bonchev–Trinajstić information content (AvgIpc) is 1.63. The molecule has 0 aliphatic rings. The number of carbonyl (C=O) groups excluding carboxylic acids is 1. The van der Waals surface area contributed by atoms with E-state index >= 15 is 0 Å². The number of carbonyl (C=O) groups is 1. The summed E-state index contributed by atoms with van der Waals surface area (Å²) >= 11 is 0. The number of aliphatic carboxylic acids is 1. The van der Waals surface area contributed by atoms with Gasteiger partial charge in [0.15, 0.2) is 0 Å². The number of hydrogen-bond acceptors (Lipinski definition) is 6. The van der Waals surface area contributed by atoms with Crippen molar-refractivity contribution in [3.05, 3.63) is 15.3 Å². The van der Waals surface area contributed by atoms with Gasteiger partial charge in [-0.1, -0.05) is 0 Å². The Balaban J connectivity index is -0.0000000483. The number of aliphatic hydroxyl groups is 1. The summed E-state index contributed by atoms with van der Waals surface area (Å²) in [5, 5.41) is 32.1. The van der Waals surface area contributed by atoms with Gasteiger partial charge in [-0.2, -0.15) is 0 Å². The summed E-state index contributed by atoms with van der Waals surface area (Å²) in [7, 11) is 0. The van der Waals surface area contributed by atoms with Gasteiger partial charge >= 0.3 is 51.9 Å². The van der Waals surface area contributed by atoms with Gasteiger partial charge in [0.2, 0.25) is 0 Å². The minimum Gasteiger partial charge on any atom is -0.547 e. The first-order chi connectivity index (χ1) is 4.37. The maximum atomic E-state index is 9.34. The van der Waals surface area contributed by atoms with Gasteiger partial charge in [-0.05, 0) is 6.92 Å². The first kappa shape index (κ1) is 22.8. The zero-order valence-electron chi connectivity index (χ0n) is 6.31. The molecule has 0 saturated heterocycles. The molecule has 7 nitrogen and oxygen atoms in total. The summed E-state index contributed by atoms with van der Waals surface area (Å²) in [4.78, 5) is 17.6. The fraction of sp³-hybridized carbons (Fsp3) is 0.667. The second-order valence-corrected chi connectivity index (χ2v) is 1.22. The molecule has 12 heavy (non-hydrogen) atoms. The molecule has 1 atom stereocenters. The third kappa shape index (κ3) is 47.7. The van der Waals surface area contributed by atoms with Crippen molar-refractivity contribution in [1.82, 2.24) is 0 Å². The summed E-state index contributed by atoms with van der Waals surface area (Å²) in [6, 6.07) is 0. The van der Waals surface area contributed by atoms with Crippen LogP contribution in [0.4, 0.5) is 0 Å². The van der Waals surface area contributed by atoms with Gasteiger partial charge in [0.1, 0.15) is 0 Å². The molecule has 0 aliphatic carbocycles. The van der Waals surface area contributed by atoms with Crippen molar-refractivity contribution in [2.75, 3.05) is 0 Å². The van der Waals surface area contributed by atoms with E-state index in [-0.39, 0.29) is 51.9 Å². The zero-order chi connectivity index (χ0) is 8.73. The minimum absolute atomic E-state index is 0. The molecule has 0 heterocycles. The van der Waals surface area contributed by atoms with Crippen LogP contribution in [-0.2, 0) is 27.2 Å². The van der Waals surface area contributed by atoms with E-state index in [1.165, 1.54) is 0 Å². The van der Waals surface area contributed by atoms with Crippen molar-refractivity contribution < 1.29 is 72.0 Å². The van der Waals surface area contributed by atoms with Gasteiger partial charge in [0.25, 0.3) is 0 Å². The third-order valence-corrected chi connectivity index (χ3v) is 0.341. The van der Waals surface area contributed by atoms with E-state index in [0.717, 1.165) is 6.92 Å². The van der Waals surface area contributed by atoms with Crippen LogP contribution in [0.2, 0.25) is 0 Å². The maximum Gasteiger partial charge on any atom is 1.00 e. The van der Waals surface area contributed by atoms with E-state index < -0.39 is 17.2 Å². The van der Waals surface area contributed by atoms with E-state index in [1.807, 2.05) is 0 Å². The Morgan fingerprint density at radius 1 is 1.50 bits per heavy atom. The molecule has 1 N–H and O–H groups in total. The van der Waals surface area contributed by atoms with E-state index in [4.69, 9.17) is 20.4 Å². The molecule has 0 aromatic carbocycles. The number of nitrogens with zero attached hydrogens (tertiary/aromatic N) is 1. The molecule has 0 fully saturated rings. The predicted molar refractivity (Wildman–Crippen MR) is 27.0 cm³/mol. The van der Waals surface area contributed by atoms with Gasteiger partial charge in [-0.3, -0.25) is 0 Å². The molecule has 0 aromatic rings. The summed E-state index contributed by atoms with van der Waals surface area (Å²) in [5.74, 6) is -1.44. The Hall–Kier alpha value is 0.370. The molecule has 1 unspecified atom stereocenters. The van der Waals surface area contributed by atoms with Gasteiger partial charge in [-0.25, -0.2) is 0 Å². The van der Waals surface area contributed by atoms with Crippen molar-refractivity contribution in [3.63, 3.8) is 0 Å². The van der Waals surface area contributed by atoms with Crippen LogP contribution in [-0.4, -0.2) is 22.3 Å². The quantitative estimate of drug-likeness (QED) is 0.291. The number of carboxylic acids is 1. The Kier molecular flexibility index (Phi) is 26.5. The standard InChI is InChI=1S/C3H6O3.Ag.NO3.Na/c1-2(4)3(5)6;;2-1(3)4;/h2,4H,1H3,(H,5,6);;;/q;+1;-1;+1/p-1. The third-order valence-electron chi connectivity index (χ3n) is 0.341. The van der Waals surface area contributed by atoms with Gasteiger partial charge < -0.3 is 30.3 Å². The van der Waals surface area contributed by atoms with Crippen LogP contribution in [0.1, 0.15) is 6.92 Å². The smallest absolute Gasteiger partial charge is 0.547 e. The number of carboxylic acid groups (broad SMARTS) is 1. The summed E-state index contributed by atoms with van der Waals surface area (Å²) in [6.45, 7) is 1.13. The van der Waals surface area contributed by atoms with Crippen LogP contribution in [0.15, 0.2) is 0 Å². The minimum atomic E-state index is -1.75. The molecular formula is C3H5AgNNaO6. The second-order valence-electron chi connectivity index (χ2n) is 1.22. The Labute approximate surface area is 106 Å². The Morgan fingerprint density at radius 2 is 1.58 bits per heavy atom. The summed E-state index contributed by atoms with van der Waals surface area (Å²) < 4.78 is 0. The van der Waals surface area contributed by atoms with E-state index in [0.29, 0.717) is 0 Å². The van der Waals surface area contributed by atoms with Crippen LogP contribution in [0, 0.1) is 15.3 Å². The molecule has 0 spiro atoms. The van der Waals surface area contributed by atoms with Crippen molar-refractivity contribution in [2.45, 2.75) is 13.0 Å². The van der Waals surface area contributed by atoms with Crippen molar-refractivity contribution in [2.24, 2.45) is 0 Å². The molecule has 0 saturated carbocycles. The topological polar surface area (TPSA) is 127 Å². The Bertz CT molecular complexity index is 126. The molecule has 0 aliphatic heterocycles. The first-order valence-electron chi connectivity index (χ1n) is 2.08. The molecule has 9 heteroatoms. The van der Waals surface area contributed by atoms with Crippen LogP contribution >= 0.6 is 0 Å². The van der Waals surface area contributed by atoms with Crippen LogP contribution < -0.4 is 34.7 Å². The number of aliphatic hydroxyl groups excluding tert-OH is 1. The molecule has 0 rings (SSSR count). The van der Waals surface area contributed by atoms with Crippen LogP contribution in [0.3, 0.4) is 0 Å². The van der Waals surface area contributed by atoms with Crippen molar-refractivity contribution >= 4 is 5.97 Å². The fourth-order valence-electron chi connectivity index (χ4n) is 0. The molecule has 0 radical (unpaired) electrons. The van der Waals surface area contributed by atoms with E-state index in [9.17, 15) is 9.90 Å². The summed E-state index contributed by atoms with van der Waals surface area (Å²) in [6.07, 6.45) is -1.34. The largest absolute Gasteiger partial charge is 1.00 e. The zero-order valence-corrected chi connectivity index (χ0v) is 9.80. The Morgan fingerprint density at radius 3 is 1.58 bits per heavy atom. The molecular weight excluding hydrogens is 277 g/mol. The molecule has 0 bridgehead atoms. The fourth-order valence-corrected chi connectivity index (χ4v) is 0. The predicted octanol–water partition coefficient (Wildman–Crippen LogP) is -5.12. The van der Waals surface area contributed by atoms with Gasteiger partial charge in [0, 0.05) is 0 Å². The molecule has 0 aromatic heterocycles. The van der Waals surface area contributed by atoms with Crippen LogP contribution in [0.5, 0.6) is 0 Å². The number of rotatable bonds is 1.